The topological polar surface area (TPSA) is 144 Å². The largest absolute Gasteiger partial charge is 0.494 e. The van der Waals surface area contributed by atoms with E-state index in [1.807, 2.05) is 19.9 Å². The Labute approximate surface area is 231 Å². The summed E-state index contributed by atoms with van der Waals surface area (Å²) in [5, 5.41) is 0. The van der Waals surface area contributed by atoms with Crippen molar-refractivity contribution in [3.8, 4) is 34.6 Å². The highest BCUT2D eigenvalue weighted by Gasteiger charge is 2.25. The number of aromatic nitrogens is 7. The molecule has 0 atom stereocenters. The molecule has 0 fully saturated rings. The molecule has 0 unspecified atom stereocenters. The highest BCUT2D eigenvalue weighted by atomic mass is 32.2. The van der Waals surface area contributed by atoms with Gasteiger partial charge in [0.15, 0.2) is 27.0 Å². The van der Waals surface area contributed by atoms with Crippen LogP contribution >= 0.6 is 0 Å². The molecule has 4 heterocycles. The number of ether oxygens (including phenoxy) is 3. The minimum absolute atomic E-state index is 0.214. The lowest BCUT2D eigenvalue weighted by Crippen LogP contribution is -2.12. The molecule has 0 spiro atoms. The number of pyridine rings is 1. The predicted molar refractivity (Wildman–Crippen MR) is 147 cm³/mol. The number of sulfone groups is 1. The smallest absolute Gasteiger partial charge is 0.213 e. The molecule has 0 N–H and O–H groups in total. The molecule has 206 valence electrons. The van der Waals surface area contributed by atoms with E-state index in [0.717, 1.165) is 5.56 Å². The Morgan fingerprint density at radius 3 is 2.23 bits per heavy atom. The SMILES string of the molecule is CCOc1cccc(-c2nc3ncc(CS(=O)(=O)Cc4ncc(C)cn4)nc3n2-c2c(OC)cccc2OC)n1. The van der Waals surface area contributed by atoms with E-state index in [4.69, 9.17) is 24.2 Å². The molecule has 0 aliphatic rings. The van der Waals surface area contributed by atoms with Crippen LogP contribution in [0.25, 0.3) is 28.5 Å². The summed E-state index contributed by atoms with van der Waals surface area (Å²) in [6.07, 6.45) is 4.57. The maximum atomic E-state index is 13.0. The number of aryl methyl sites for hydroxylation is 1. The van der Waals surface area contributed by atoms with E-state index in [0.29, 0.717) is 46.8 Å². The highest BCUT2D eigenvalue weighted by molar-refractivity contribution is 7.89. The zero-order valence-corrected chi connectivity index (χ0v) is 23.2. The van der Waals surface area contributed by atoms with Gasteiger partial charge in [-0.05, 0) is 37.6 Å². The van der Waals surface area contributed by atoms with Gasteiger partial charge in [-0.15, -0.1) is 0 Å². The van der Waals surface area contributed by atoms with Crippen LogP contribution in [0.4, 0.5) is 0 Å². The van der Waals surface area contributed by atoms with Crippen LogP contribution < -0.4 is 14.2 Å². The van der Waals surface area contributed by atoms with E-state index < -0.39 is 9.84 Å². The van der Waals surface area contributed by atoms with Crippen molar-refractivity contribution in [2.75, 3.05) is 20.8 Å². The lowest BCUT2D eigenvalue weighted by atomic mass is 10.2. The van der Waals surface area contributed by atoms with Gasteiger partial charge in [-0.25, -0.2) is 38.3 Å². The number of nitrogens with zero attached hydrogens (tertiary/aromatic N) is 7. The molecule has 5 aromatic rings. The molecule has 0 aliphatic heterocycles. The van der Waals surface area contributed by atoms with Crippen molar-refractivity contribution in [3.63, 3.8) is 0 Å². The Balaban J connectivity index is 1.66. The second kappa shape index (κ2) is 11.2. The number of methoxy groups -OCH3 is 2. The average Bonchev–Trinajstić information content (AvgIpc) is 3.32. The third-order valence-corrected chi connectivity index (χ3v) is 7.28. The summed E-state index contributed by atoms with van der Waals surface area (Å²) in [6, 6.07) is 10.7. The van der Waals surface area contributed by atoms with Crippen molar-refractivity contribution in [1.29, 1.82) is 0 Å². The maximum Gasteiger partial charge on any atom is 0.213 e. The first-order valence-electron chi connectivity index (χ1n) is 12.4. The minimum atomic E-state index is -3.67. The van der Waals surface area contributed by atoms with E-state index in [1.54, 1.807) is 61.5 Å². The first-order chi connectivity index (χ1) is 19.3. The van der Waals surface area contributed by atoms with Gasteiger partial charge in [0.25, 0.3) is 0 Å². The van der Waals surface area contributed by atoms with Gasteiger partial charge in [-0.1, -0.05) is 12.1 Å². The van der Waals surface area contributed by atoms with Crippen molar-refractivity contribution < 1.29 is 22.6 Å². The van der Waals surface area contributed by atoms with Crippen molar-refractivity contribution in [3.05, 3.63) is 72.1 Å². The fourth-order valence-electron chi connectivity index (χ4n) is 4.13. The first-order valence-corrected chi connectivity index (χ1v) is 14.2. The van der Waals surface area contributed by atoms with Crippen molar-refractivity contribution in [2.24, 2.45) is 0 Å². The van der Waals surface area contributed by atoms with Crippen LogP contribution in [0.5, 0.6) is 17.4 Å². The van der Waals surface area contributed by atoms with E-state index in [9.17, 15) is 8.42 Å². The van der Waals surface area contributed by atoms with Crippen LogP contribution in [0, 0.1) is 6.92 Å². The Morgan fingerprint density at radius 2 is 1.55 bits per heavy atom. The maximum absolute atomic E-state index is 13.0. The number of imidazole rings is 1. The molecule has 0 amide bonds. The number of fused-ring (bicyclic) bond motifs is 1. The number of rotatable bonds is 10. The molecular weight excluding hydrogens is 534 g/mol. The van der Waals surface area contributed by atoms with Crippen LogP contribution in [0.15, 0.2) is 55.0 Å². The average molecular weight is 562 g/mol. The van der Waals surface area contributed by atoms with E-state index in [-0.39, 0.29) is 28.7 Å². The van der Waals surface area contributed by atoms with Gasteiger partial charge in [0.2, 0.25) is 5.88 Å². The molecule has 0 aliphatic carbocycles. The molecule has 1 aromatic carbocycles. The zero-order valence-electron chi connectivity index (χ0n) is 22.4. The van der Waals surface area contributed by atoms with Crippen LogP contribution in [0.2, 0.25) is 0 Å². The molecule has 0 radical (unpaired) electrons. The monoisotopic (exact) mass is 561 g/mol. The summed E-state index contributed by atoms with van der Waals surface area (Å²) < 4.78 is 44.7. The molecule has 5 rings (SSSR count). The Kier molecular flexibility index (Phi) is 7.56. The van der Waals surface area contributed by atoms with Crippen LogP contribution in [-0.2, 0) is 21.3 Å². The van der Waals surface area contributed by atoms with Crippen LogP contribution in [0.1, 0.15) is 24.0 Å². The predicted octanol–water partition coefficient (Wildman–Crippen LogP) is 3.51. The van der Waals surface area contributed by atoms with Crippen molar-refractivity contribution in [1.82, 2.24) is 34.5 Å². The van der Waals surface area contributed by atoms with Gasteiger partial charge >= 0.3 is 0 Å². The summed E-state index contributed by atoms with van der Waals surface area (Å²) >= 11 is 0. The summed E-state index contributed by atoms with van der Waals surface area (Å²) in [4.78, 5) is 26.7. The molecule has 0 bridgehead atoms. The fourth-order valence-corrected chi connectivity index (χ4v) is 5.36. The molecule has 4 aromatic heterocycles. The van der Waals surface area contributed by atoms with Crippen molar-refractivity contribution in [2.45, 2.75) is 25.4 Å². The third-order valence-electron chi connectivity index (χ3n) is 5.84. The van der Waals surface area contributed by atoms with Gasteiger partial charge in [-0.3, -0.25) is 4.57 Å². The quantitative estimate of drug-likeness (QED) is 0.247. The second-order valence-electron chi connectivity index (χ2n) is 8.79. The highest BCUT2D eigenvalue weighted by Crippen LogP contribution is 2.37. The van der Waals surface area contributed by atoms with Gasteiger partial charge in [0.1, 0.15) is 34.5 Å². The summed E-state index contributed by atoms with van der Waals surface area (Å²) in [6.45, 7) is 4.15. The lowest BCUT2D eigenvalue weighted by Gasteiger charge is -2.16. The summed E-state index contributed by atoms with van der Waals surface area (Å²) in [7, 11) is -0.578. The molecule has 0 saturated carbocycles. The van der Waals surface area contributed by atoms with Gasteiger partial charge in [0.05, 0.1) is 38.5 Å². The molecule has 13 heteroatoms. The Hall–Kier alpha value is -4.65. The van der Waals surface area contributed by atoms with Crippen molar-refractivity contribution >= 4 is 21.1 Å². The first kappa shape index (κ1) is 26.9. The molecule has 40 heavy (non-hydrogen) atoms. The standard InChI is InChI=1S/C27H27N7O5S/c1-5-39-23-11-6-8-19(32-23)26-33-25-27(34(26)24-20(37-3)9-7-10-21(24)38-4)31-18(14-30-25)15-40(35,36)16-22-28-12-17(2)13-29-22/h6-14H,5,15-16H2,1-4H3. The van der Waals surface area contributed by atoms with E-state index in [2.05, 4.69) is 19.9 Å². The summed E-state index contributed by atoms with van der Waals surface area (Å²) in [5.74, 6) is 1.31. The lowest BCUT2D eigenvalue weighted by molar-refractivity contribution is 0.327. The number of hydrogen-bond donors (Lipinski definition) is 0. The normalized spacial score (nSPS) is 11.5. The molecule has 12 nitrogen and oxygen atoms in total. The van der Waals surface area contributed by atoms with E-state index in [1.165, 1.54) is 6.20 Å². The second-order valence-corrected chi connectivity index (χ2v) is 10.9. The van der Waals surface area contributed by atoms with Gasteiger partial charge in [-0.2, -0.15) is 0 Å². The Morgan fingerprint density at radius 1 is 0.850 bits per heavy atom. The molecular formula is C27H27N7O5S. The molecule has 0 saturated heterocycles. The number of benzene rings is 1. The van der Waals surface area contributed by atoms with Crippen LogP contribution in [0.3, 0.4) is 0 Å². The third kappa shape index (κ3) is 5.54. The summed E-state index contributed by atoms with van der Waals surface area (Å²) in [5.41, 5.74) is 2.67. The van der Waals surface area contributed by atoms with Gasteiger partial charge in [0, 0.05) is 18.5 Å². The minimum Gasteiger partial charge on any atom is -0.494 e. The zero-order chi connectivity index (χ0) is 28.3. The van der Waals surface area contributed by atoms with Gasteiger partial charge < -0.3 is 14.2 Å². The number of para-hydroxylation sites is 1. The fraction of sp³-hybridized carbons (Fsp3) is 0.259. The van der Waals surface area contributed by atoms with Crippen LogP contribution in [-0.4, -0.2) is 63.7 Å². The Bertz CT molecular complexity index is 1750. The van der Waals surface area contributed by atoms with E-state index >= 15 is 0 Å². The number of hydrogen-bond acceptors (Lipinski definition) is 11.